The van der Waals surface area contributed by atoms with Crippen LogP contribution in [0.4, 0.5) is 9.18 Å². The molecule has 1 saturated carbocycles. The van der Waals surface area contributed by atoms with Gasteiger partial charge in [0.15, 0.2) is 0 Å². The Morgan fingerprint density at radius 1 is 1.28 bits per heavy atom. The number of hydrogen-bond donors (Lipinski definition) is 2. The molecule has 1 fully saturated rings. The first-order chi connectivity index (χ1) is 8.56. The molecule has 1 unspecified atom stereocenters. The molecule has 0 aromatic heterocycles. The quantitative estimate of drug-likeness (QED) is 0.863. The number of imide groups is 1. The van der Waals surface area contributed by atoms with Gasteiger partial charge in [0.2, 0.25) is 5.91 Å². The number of nitrogens with one attached hydrogen (secondary N) is 2. The Kier molecular flexibility index (Phi) is 3.60. The highest BCUT2D eigenvalue weighted by atomic mass is 19.1. The SMILES string of the molecule is CC(=O)NC(=O)NC(c1ccc(F)cc1)C1CC1. The van der Waals surface area contributed by atoms with Crippen LogP contribution in [0.15, 0.2) is 24.3 Å². The van der Waals surface area contributed by atoms with Gasteiger partial charge >= 0.3 is 6.03 Å². The zero-order valence-electron chi connectivity index (χ0n) is 10.1. The summed E-state index contributed by atoms with van der Waals surface area (Å²) in [7, 11) is 0. The van der Waals surface area contributed by atoms with Gasteiger partial charge in [-0.15, -0.1) is 0 Å². The maximum absolute atomic E-state index is 12.9. The minimum Gasteiger partial charge on any atom is -0.331 e. The molecule has 0 aliphatic heterocycles. The van der Waals surface area contributed by atoms with Gasteiger partial charge in [-0.2, -0.15) is 0 Å². The van der Waals surface area contributed by atoms with Crippen LogP contribution >= 0.6 is 0 Å². The van der Waals surface area contributed by atoms with Gasteiger partial charge in [-0.3, -0.25) is 10.1 Å². The van der Waals surface area contributed by atoms with Crippen LogP contribution < -0.4 is 10.6 Å². The van der Waals surface area contributed by atoms with E-state index in [1.54, 1.807) is 12.1 Å². The average Bonchev–Trinajstić information content (AvgIpc) is 3.10. The number of carbonyl (C=O) groups is 2. The molecular weight excluding hydrogens is 235 g/mol. The molecule has 1 aliphatic rings. The van der Waals surface area contributed by atoms with Crippen LogP contribution in [0.25, 0.3) is 0 Å². The van der Waals surface area contributed by atoms with Crippen molar-refractivity contribution in [2.75, 3.05) is 0 Å². The Balaban J connectivity index is 2.06. The minimum atomic E-state index is -0.510. The van der Waals surface area contributed by atoms with Gasteiger partial charge < -0.3 is 5.32 Å². The van der Waals surface area contributed by atoms with Crippen LogP contribution in [-0.2, 0) is 4.79 Å². The van der Waals surface area contributed by atoms with Crippen LogP contribution in [0.3, 0.4) is 0 Å². The summed E-state index contributed by atoms with van der Waals surface area (Å²) < 4.78 is 12.9. The fourth-order valence-corrected chi connectivity index (χ4v) is 1.91. The van der Waals surface area contributed by atoms with Crippen LogP contribution in [0.5, 0.6) is 0 Å². The van der Waals surface area contributed by atoms with Gasteiger partial charge in [-0.1, -0.05) is 12.1 Å². The number of rotatable bonds is 3. The molecular formula is C13H15FN2O2. The Morgan fingerprint density at radius 3 is 2.39 bits per heavy atom. The predicted molar refractivity (Wildman–Crippen MR) is 64.2 cm³/mol. The average molecular weight is 250 g/mol. The molecule has 0 bridgehead atoms. The lowest BCUT2D eigenvalue weighted by Gasteiger charge is -2.18. The third-order valence-electron chi connectivity index (χ3n) is 2.90. The zero-order valence-corrected chi connectivity index (χ0v) is 10.1. The van der Waals surface area contributed by atoms with E-state index in [0.717, 1.165) is 18.4 Å². The molecule has 0 spiro atoms. The third kappa shape index (κ3) is 3.29. The van der Waals surface area contributed by atoms with Gasteiger partial charge in [0.1, 0.15) is 5.82 Å². The normalized spacial score (nSPS) is 15.9. The molecule has 0 radical (unpaired) electrons. The lowest BCUT2D eigenvalue weighted by atomic mass is 10.0. The highest BCUT2D eigenvalue weighted by molar-refractivity contribution is 5.93. The molecule has 4 nitrogen and oxygen atoms in total. The van der Waals surface area contributed by atoms with Gasteiger partial charge in [0, 0.05) is 6.92 Å². The second-order valence-electron chi connectivity index (χ2n) is 4.52. The molecule has 0 saturated heterocycles. The number of amides is 3. The summed E-state index contributed by atoms with van der Waals surface area (Å²) in [6.45, 7) is 1.28. The molecule has 0 heterocycles. The highest BCUT2D eigenvalue weighted by Crippen LogP contribution is 2.40. The summed E-state index contributed by atoms with van der Waals surface area (Å²) in [5.74, 6) is -0.337. The van der Waals surface area contributed by atoms with Crippen LogP contribution in [-0.4, -0.2) is 11.9 Å². The Morgan fingerprint density at radius 2 is 1.89 bits per heavy atom. The molecule has 5 heteroatoms. The van der Waals surface area contributed by atoms with Crippen LogP contribution in [0.1, 0.15) is 31.4 Å². The Labute approximate surface area is 105 Å². The summed E-state index contributed by atoms with van der Waals surface area (Å²) in [6.07, 6.45) is 2.06. The van der Waals surface area contributed by atoms with Crippen molar-refractivity contribution in [1.29, 1.82) is 0 Å². The van der Waals surface area contributed by atoms with Crippen molar-refractivity contribution < 1.29 is 14.0 Å². The van der Waals surface area contributed by atoms with Crippen LogP contribution in [0, 0.1) is 11.7 Å². The number of hydrogen-bond acceptors (Lipinski definition) is 2. The Hall–Kier alpha value is -1.91. The predicted octanol–water partition coefficient (Wildman–Crippen LogP) is 2.12. The fourth-order valence-electron chi connectivity index (χ4n) is 1.91. The number of urea groups is 1. The van der Waals surface area contributed by atoms with E-state index in [1.165, 1.54) is 19.1 Å². The second kappa shape index (κ2) is 5.16. The molecule has 2 N–H and O–H groups in total. The molecule has 3 amide bonds. The van der Waals surface area contributed by atoms with E-state index in [2.05, 4.69) is 10.6 Å². The maximum atomic E-state index is 12.9. The summed E-state index contributed by atoms with van der Waals surface area (Å²) in [5.41, 5.74) is 0.859. The van der Waals surface area contributed by atoms with Crippen molar-refractivity contribution >= 4 is 11.9 Å². The first kappa shape index (κ1) is 12.5. The number of carbonyl (C=O) groups excluding carboxylic acids is 2. The number of halogens is 1. The van der Waals surface area contributed by atoms with E-state index in [-0.39, 0.29) is 11.9 Å². The first-order valence-corrected chi connectivity index (χ1v) is 5.90. The van der Waals surface area contributed by atoms with Crippen LogP contribution in [0.2, 0.25) is 0 Å². The highest BCUT2D eigenvalue weighted by Gasteiger charge is 2.33. The van der Waals surface area contributed by atoms with Crippen molar-refractivity contribution in [3.63, 3.8) is 0 Å². The van der Waals surface area contributed by atoms with Gasteiger partial charge in [0.25, 0.3) is 0 Å². The maximum Gasteiger partial charge on any atom is 0.321 e. The summed E-state index contributed by atoms with van der Waals surface area (Å²) in [6, 6.07) is 5.39. The lowest BCUT2D eigenvalue weighted by molar-refractivity contribution is -0.117. The van der Waals surface area contributed by atoms with E-state index in [0.29, 0.717) is 5.92 Å². The summed E-state index contributed by atoms with van der Waals surface area (Å²) in [5, 5.41) is 4.93. The van der Waals surface area contributed by atoms with E-state index in [1.807, 2.05) is 0 Å². The largest absolute Gasteiger partial charge is 0.331 e. The molecule has 2 rings (SSSR count). The monoisotopic (exact) mass is 250 g/mol. The second-order valence-corrected chi connectivity index (χ2v) is 4.52. The fraction of sp³-hybridized carbons (Fsp3) is 0.385. The van der Waals surface area contributed by atoms with E-state index >= 15 is 0 Å². The van der Waals surface area contributed by atoms with E-state index in [4.69, 9.17) is 0 Å². The van der Waals surface area contributed by atoms with Crippen molar-refractivity contribution in [3.8, 4) is 0 Å². The van der Waals surface area contributed by atoms with E-state index < -0.39 is 11.9 Å². The topological polar surface area (TPSA) is 58.2 Å². The number of benzene rings is 1. The molecule has 1 aliphatic carbocycles. The van der Waals surface area contributed by atoms with Gasteiger partial charge in [-0.25, -0.2) is 9.18 Å². The molecule has 18 heavy (non-hydrogen) atoms. The standard InChI is InChI=1S/C13H15FN2O2/c1-8(17)15-13(18)16-12(9-2-3-9)10-4-6-11(14)7-5-10/h4-7,9,12H,2-3H2,1H3,(H2,15,16,17,18). The molecule has 1 aromatic rings. The van der Waals surface area contributed by atoms with Gasteiger partial charge in [-0.05, 0) is 36.5 Å². The Bertz CT molecular complexity index is 455. The van der Waals surface area contributed by atoms with Crippen molar-refractivity contribution in [1.82, 2.24) is 10.6 Å². The third-order valence-corrected chi connectivity index (χ3v) is 2.90. The molecule has 1 atom stereocenters. The van der Waals surface area contributed by atoms with Crippen molar-refractivity contribution in [2.45, 2.75) is 25.8 Å². The van der Waals surface area contributed by atoms with Gasteiger partial charge in [0.05, 0.1) is 6.04 Å². The minimum absolute atomic E-state index is 0.162. The molecule has 96 valence electrons. The van der Waals surface area contributed by atoms with Crippen molar-refractivity contribution in [2.24, 2.45) is 5.92 Å². The first-order valence-electron chi connectivity index (χ1n) is 5.90. The lowest BCUT2D eigenvalue weighted by Crippen LogP contribution is -2.40. The molecule has 1 aromatic carbocycles. The summed E-state index contributed by atoms with van der Waals surface area (Å²) >= 11 is 0. The van der Waals surface area contributed by atoms with E-state index in [9.17, 15) is 14.0 Å². The summed E-state index contributed by atoms with van der Waals surface area (Å²) in [4.78, 5) is 22.3. The zero-order chi connectivity index (χ0) is 13.1. The smallest absolute Gasteiger partial charge is 0.321 e. The van der Waals surface area contributed by atoms with Crippen molar-refractivity contribution in [3.05, 3.63) is 35.6 Å².